The molecule has 1 nitrogen and oxygen atoms in total. The maximum Gasteiger partial charge on any atom is 0.178 e. The molecule has 2 aromatic rings. The molecule has 0 aromatic heterocycles. The average molecular weight is 318 g/mol. The zero-order chi connectivity index (χ0) is 17.5. The van der Waals surface area contributed by atoms with Gasteiger partial charge in [0.05, 0.1) is 0 Å². The van der Waals surface area contributed by atoms with E-state index < -0.39 is 0 Å². The van der Waals surface area contributed by atoms with Crippen molar-refractivity contribution in [3.8, 4) is 0 Å². The van der Waals surface area contributed by atoms with E-state index in [9.17, 15) is 4.79 Å². The Kier molecular flexibility index (Phi) is 6.31. The summed E-state index contributed by atoms with van der Waals surface area (Å²) in [5, 5.41) is 0. The van der Waals surface area contributed by atoms with Crippen molar-refractivity contribution in [2.45, 2.75) is 39.5 Å². The second-order valence-corrected chi connectivity index (χ2v) is 6.71. The molecule has 0 spiro atoms. The predicted octanol–water partition coefficient (Wildman–Crippen LogP) is 6.23. The van der Waals surface area contributed by atoms with E-state index >= 15 is 0 Å². The number of benzene rings is 2. The summed E-state index contributed by atoms with van der Waals surface area (Å²) in [6.07, 6.45) is 6.95. The van der Waals surface area contributed by atoms with Crippen molar-refractivity contribution in [1.29, 1.82) is 0 Å². The Morgan fingerprint density at radius 1 is 0.667 bits per heavy atom. The molecule has 0 heterocycles. The van der Waals surface area contributed by atoms with Gasteiger partial charge in [-0.1, -0.05) is 88.4 Å². The van der Waals surface area contributed by atoms with Crippen LogP contribution in [-0.4, -0.2) is 5.78 Å². The largest absolute Gasteiger partial charge is 0.290 e. The second kappa shape index (κ2) is 8.44. The molecular weight excluding hydrogens is 292 g/mol. The fraction of sp³-hybridized carbons (Fsp3) is 0.261. The van der Waals surface area contributed by atoms with Crippen molar-refractivity contribution >= 4 is 17.9 Å². The van der Waals surface area contributed by atoms with E-state index in [1.54, 1.807) is 12.2 Å². The van der Waals surface area contributed by atoms with Gasteiger partial charge >= 0.3 is 0 Å². The molecule has 2 aromatic carbocycles. The monoisotopic (exact) mass is 318 g/mol. The van der Waals surface area contributed by atoms with Crippen LogP contribution in [0.15, 0.2) is 60.7 Å². The van der Waals surface area contributed by atoms with Gasteiger partial charge in [0.1, 0.15) is 0 Å². The molecule has 0 atom stereocenters. The van der Waals surface area contributed by atoms with Crippen LogP contribution >= 0.6 is 0 Å². The highest BCUT2D eigenvalue weighted by atomic mass is 16.1. The first kappa shape index (κ1) is 17.9. The van der Waals surface area contributed by atoms with Crippen LogP contribution in [0.2, 0.25) is 0 Å². The van der Waals surface area contributed by atoms with Crippen LogP contribution in [0.25, 0.3) is 12.2 Å². The average Bonchev–Trinajstić information content (AvgIpc) is 2.58. The quantitative estimate of drug-likeness (QED) is 0.577. The highest BCUT2D eigenvalue weighted by molar-refractivity contribution is 6.04. The van der Waals surface area contributed by atoms with Crippen LogP contribution in [0.3, 0.4) is 0 Å². The summed E-state index contributed by atoms with van der Waals surface area (Å²) in [6.45, 7) is 8.69. The molecule has 0 aliphatic carbocycles. The molecule has 0 amide bonds. The van der Waals surface area contributed by atoms with Crippen molar-refractivity contribution in [2.75, 3.05) is 0 Å². The van der Waals surface area contributed by atoms with Gasteiger partial charge in [0.15, 0.2) is 5.78 Å². The van der Waals surface area contributed by atoms with Gasteiger partial charge in [-0.15, -0.1) is 0 Å². The zero-order valence-corrected chi connectivity index (χ0v) is 15.0. The summed E-state index contributed by atoms with van der Waals surface area (Å²) < 4.78 is 0. The van der Waals surface area contributed by atoms with Crippen LogP contribution in [0.5, 0.6) is 0 Å². The minimum absolute atomic E-state index is 0.00382. The van der Waals surface area contributed by atoms with Crippen LogP contribution in [0.1, 0.15) is 61.8 Å². The standard InChI is InChI=1S/C23H26O/c1-17(2)21-11-5-19(6-12-21)9-15-23(24)16-10-20-7-13-22(14-8-20)18(3)4/h5-18H,1-4H3/b15-9-,16-10+. The number of carbonyl (C=O) groups excluding carboxylic acids is 1. The summed E-state index contributed by atoms with van der Waals surface area (Å²) in [5.74, 6) is 1.04. The smallest absolute Gasteiger partial charge is 0.178 e. The summed E-state index contributed by atoms with van der Waals surface area (Å²) in [4.78, 5) is 12.0. The summed E-state index contributed by atoms with van der Waals surface area (Å²) >= 11 is 0. The first-order valence-electron chi connectivity index (χ1n) is 8.55. The Balaban J connectivity index is 1.96. The maximum atomic E-state index is 12.0. The Morgan fingerprint density at radius 3 is 1.29 bits per heavy atom. The Labute approximate surface area is 145 Å². The molecule has 0 aliphatic heterocycles. The third kappa shape index (κ3) is 5.34. The van der Waals surface area contributed by atoms with E-state index in [0.29, 0.717) is 11.8 Å². The van der Waals surface area contributed by atoms with Crippen LogP contribution in [-0.2, 0) is 4.79 Å². The Morgan fingerprint density at radius 2 is 1.00 bits per heavy atom. The maximum absolute atomic E-state index is 12.0. The lowest BCUT2D eigenvalue weighted by molar-refractivity contribution is -0.110. The van der Waals surface area contributed by atoms with E-state index in [1.807, 2.05) is 36.4 Å². The van der Waals surface area contributed by atoms with Gasteiger partial charge in [-0.2, -0.15) is 0 Å². The van der Waals surface area contributed by atoms with Crippen molar-refractivity contribution in [3.05, 3.63) is 82.9 Å². The zero-order valence-electron chi connectivity index (χ0n) is 15.0. The first-order valence-corrected chi connectivity index (χ1v) is 8.55. The minimum Gasteiger partial charge on any atom is -0.290 e. The van der Waals surface area contributed by atoms with Gasteiger partial charge in [0, 0.05) is 0 Å². The van der Waals surface area contributed by atoms with Gasteiger partial charge in [0.2, 0.25) is 0 Å². The number of hydrogen-bond acceptors (Lipinski definition) is 1. The Bertz CT molecular complexity index is 650. The fourth-order valence-corrected chi connectivity index (χ4v) is 2.40. The molecule has 1 heteroatoms. The third-order valence-electron chi connectivity index (χ3n) is 4.09. The molecule has 0 saturated carbocycles. The summed E-state index contributed by atoms with van der Waals surface area (Å²) in [5.41, 5.74) is 4.70. The summed E-state index contributed by atoms with van der Waals surface area (Å²) in [6, 6.07) is 16.6. The highest BCUT2D eigenvalue weighted by Crippen LogP contribution is 2.16. The van der Waals surface area contributed by atoms with E-state index in [0.717, 1.165) is 11.1 Å². The molecule has 124 valence electrons. The fourth-order valence-electron chi connectivity index (χ4n) is 2.40. The van der Waals surface area contributed by atoms with Gasteiger partial charge in [-0.05, 0) is 46.2 Å². The normalized spacial score (nSPS) is 11.9. The van der Waals surface area contributed by atoms with Crippen molar-refractivity contribution in [2.24, 2.45) is 0 Å². The lowest BCUT2D eigenvalue weighted by Crippen LogP contribution is -1.88. The summed E-state index contributed by atoms with van der Waals surface area (Å²) in [7, 11) is 0. The minimum atomic E-state index is -0.00382. The molecule has 0 N–H and O–H groups in total. The number of allylic oxidation sites excluding steroid dienone is 2. The number of ketones is 1. The molecule has 0 unspecified atom stereocenters. The lowest BCUT2D eigenvalue weighted by atomic mass is 10.0. The van der Waals surface area contributed by atoms with E-state index in [4.69, 9.17) is 0 Å². The second-order valence-electron chi connectivity index (χ2n) is 6.71. The number of carbonyl (C=O) groups is 1. The van der Waals surface area contributed by atoms with Crippen LogP contribution in [0.4, 0.5) is 0 Å². The van der Waals surface area contributed by atoms with Crippen LogP contribution in [0, 0.1) is 0 Å². The predicted molar refractivity (Wildman–Crippen MR) is 104 cm³/mol. The molecule has 0 aliphatic rings. The lowest BCUT2D eigenvalue weighted by Gasteiger charge is -2.04. The molecule has 24 heavy (non-hydrogen) atoms. The third-order valence-corrected chi connectivity index (χ3v) is 4.09. The van der Waals surface area contributed by atoms with Crippen LogP contribution < -0.4 is 0 Å². The van der Waals surface area contributed by atoms with Gasteiger partial charge < -0.3 is 0 Å². The van der Waals surface area contributed by atoms with E-state index in [2.05, 4.69) is 52.0 Å². The van der Waals surface area contributed by atoms with Crippen molar-refractivity contribution in [3.63, 3.8) is 0 Å². The highest BCUT2D eigenvalue weighted by Gasteiger charge is 1.99. The molecule has 0 fully saturated rings. The first-order chi connectivity index (χ1) is 11.5. The van der Waals surface area contributed by atoms with Crippen molar-refractivity contribution < 1.29 is 4.79 Å². The Hall–Kier alpha value is -2.41. The van der Waals surface area contributed by atoms with Gasteiger partial charge in [-0.3, -0.25) is 4.79 Å². The van der Waals surface area contributed by atoms with Gasteiger partial charge in [-0.25, -0.2) is 0 Å². The van der Waals surface area contributed by atoms with E-state index in [-0.39, 0.29) is 5.78 Å². The number of rotatable bonds is 6. The SMILES string of the molecule is CC(C)c1ccc(/C=C\C(=O)/C=C/c2ccc(C(C)C)cc2)cc1. The molecular formula is C23H26O. The molecule has 0 bridgehead atoms. The number of hydrogen-bond donors (Lipinski definition) is 0. The molecule has 0 radical (unpaired) electrons. The van der Waals surface area contributed by atoms with Gasteiger partial charge in [0.25, 0.3) is 0 Å². The topological polar surface area (TPSA) is 17.1 Å². The molecule has 2 rings (SSSR count). The van der Waals surface area contributed by atoms with E-state index in [1.165, 1.54) is 11.1 Å². The van der Waals surface area contributed by atoms with Crippen molar-refractivity contribution in [1.82, 2.24) is 0 Å². The molecule has 0 saturated heterocycles.